The van der Waals surface area contributed by atoms with E-state index in [1.165, 1.54) is 0 Å². The second kappa shape index (κ2) is 5.26. The molecule has 1 saturated heterocycles. The van der Waals surface area contributed by atoms with Crippen LogP contribution in [0.1, 0.15) is 6.23 Å². The van der Waals surface area contributed by atoms with Crippen LogP contribution in [0.4, 0.5) is 19.4 Å². The third-order valence-corrected chi connectivity index (χ3v) is 2.85. The van der Waals surface area contributed by atoms with Gasteiger partial charge in [-0.25, -0.2) is 9.59 Å². The summed E-state index contributed by atoms with van der Waals surface area (Å²) >= 11 is 0. The van der Waals surface area contributed by atoms with E-state index in [2.05, 4.69) is 9.72 Å². The number of rotatable bonds is 3. The zero-order valence-electron chi connectivity index (χ0n) is 10.3. The van der Waals surface area contributed by atoms with Gasteiger partial charge in [0, 0.05) is 6.20 Å². The normalized spacial score (nSPS) is 27.5. The molecule has 0 bridgehead atoms. The molecule has 1 aromatic heterocycles. The summed E-state index contributed by atoms with van der Waals surface area (Å²) in [4.78, 5) is 25.1. The number of carboxylic acid groups (broad SMARTS) is 1. The van der Waals surface area contributed by atoms with Crippen molar-refractivity contribution in [2.75, 3.05) is 12.3 Å². The number of hydrogen-bond donors (Lipinski definition) is 3. The quantitative estimate of drug-likeness (QED) is 0.630. The summed E-state index contributed by atoms with van der Waals surface area (Å²) in [6.45, 7) is -0.806. The van der Waals surface area contributed by atoms with Crippen molar-refractivity contribution >= 4 is 12.0 Å². The van der Waals surface area contributed by atoms with E-state index in [0.717, 1.165) is 12.3 Å². The summed E-state index contributed by atoms with van der Waals surface area (Å²) in [5.74, 6) is -4.00. The fraction of sp³-hybridized carbons (Fsp3) is 0.500. The smallest absolute Gasteiger partial charge is 0.450 e. The van der Waals surface area contributed by atoms with Gasteiger partial charge in [0.1, 0.15) is 18.5 Å². The Balaban J connectivity index is 2.27. The Kier molecular flexibility index (Phi) is 3.78. The predicted molar refractivity (Wildman–Crippen MR) is 61.8 cm³/mol. The number of nitrogens with zero attached hydrogens (tertiary/aromatic N) is 2. The summed E-state index contributed by atoms with van der Waals surface area (Å²) in [7, 11) is 0. The van der Waals surface area contributed by atoms with E-state index < -0.39 is 42.8 Å². The van der Waals surface area contributed by atoms with Crippen LogP contribution >= 0.6 is 0 Å². The van der Waals surface area contributed by atoms with Gasteiger partial charge in [0.15, 0.2) is 6.10 Å². The minimum absolute atomic E-state index is 0.163. The molecule has 21 heavy (non-hydrogen) atoms. The highest BCUT2D eigenvalue weighted by molar-refractivity contribution is 5.56. The van der Waals surface area contributed by atoms with Gasteiger partial charge in [0.25, 0.3) is 0 Å². The Labute approximate surface area is 115 Å². The van der Waals surface area contributed by atoms with Crippen LogP contribution in [-0.4, -0.2) is 50.7 Å². The Bertz CT molecular complexity index is 607. The largest absolute Gasteiger partial charge is 0.505 e. The van der Waals surface area contributed by atoms with Gasteiger partial charge in [0.2, 0.25) is 6.23 Å². The first-order chi connectivity index (χ1) is 9.73. The molecular weight excluding hydrogens is 296 g/mol. The van der Waals surface area contributed by atoms with Gasteiger partial charge in [0.05, 0.1) is 0 Å². The molecule has 11 heteroatoms. The highest BCUT2D eigenvalue weighted by Gasteiger charge is 2.60. The number of hydrogen-bond acceptors (Lipinski definition) is 7. The minimum Gasteiger partial charge on any atom is -0.450 e. The lowest BCUT2D eigenvalue weighted by atomic mass is 10.1. The summed E-state index contributed by atoms with van der Waals surface area (Å²) < 4.78 is 37.3. The summed E-state index contributed by atoms with van der Waals surface area (Å²) in [6, 6.07) is 1.11. The van der Waals surface area contributed by atoms with E-state index >= 15 is 0 Å². The first-order valence-corrected chi connectivity index (χ1v) is 5.65. The average molecular weight is 307 g/mol. The highest BCUT2D eigenvalue weighted by Crippen LogP contribution is 2.42. The van der Waals surface area contributed by atoms with Gasteiger partial charge in [-0.05, 0) is 6.07 Å². The number of ether oxygens (including phenoxy) is 2. The molecule has 3 atom stereocenters. The van der Waals surface area contributed by atoms with Gasteiger partial charge in [-0.2, -0.15) is 13.8 Å². The monoisotopic (exact) mass is 307 g/mol. The number of nitrogen functional groups attached to an aromatic ring is 1. The molecule has 1 aromatic rings. The number of alkyl halides is 2. The van der Waals surface area contributed by atoms with Crippen LogP contribution in [-0.2, 0) is 9.47 Å². The van der Waals surface area contributed by atoms with Crippen molar-refractivity contribution in [3.63, 3.8) is 0 Å². The molecule has 1 aliphatic heterocycles. The average Bonchev–Trinajstić information content (AvgIpc) is 2.60. The Morgan fingerprint density at radius 2 is 2.29 bits per heavy atom. The number of anilines is 1. The Morgan fingerprint density at radius 3 is 2.86 bits per heavy atom. The van der Waals surface area contributed by atoms with Crippen molar-refractivity contribution in [3.05, 3.63) is 22.7 Å². The molecule has 0 aromatic carbocycles. The summed E-state index contributed by atoms with van der Waals surface area (Å²) in [6.07, 6.45) is -6.87. The van der Waals surface area contributed by atoms with Crippen molar-refractivity contribution in [1.29, 1.82) is 0 Å². The Morgan fingerprint density at radius 1 is 1.62 bits per heavy atom. The predicted octanol–water partition coefficient (Wildman–Crippen LogP) is -0.586. The molecular formula is C10H11F2N3O6. The van der Waals surface area contributed by atoms with Crippen molar-refractivity contribution in [2.24, 2.45) is 0 Å². The van der Waals surface area contributed by atoms with Crippen molar-refractivity contribution in [1.82, 2.24) is 9.55 Å². The van der Waals surface area contributed by atoms with E-state index in [9.17, 15) is 23.5 Å². The maximum absolute atomic E-state index is 13.9. The Hall–Kier alpha value is -2.27. The van der Waals surface area contributed by atoms with Crippen molar-refractivity contribution < 1.29 is 33.3 Å². The van der Waals surface area contributed by atoms with E-state index in [4.69, 9.17) is 15.6 Å². The van der Waals surface area contributed by atoms with Gasteiger partial charge in [-0.15, -0.1) is 0 Å². The fourth-order valence-electron chi connectivity index (χ4n) is 1.86. The number of carbonyl (C=O) groups is 1. The number of nitrogens with two attached hydrogens (primary N) is 1. The lowest BCUT2D eigenvalue weighted by Crippen LogP contribution is -2.42. The topological polar surface area (TPSA) is 137 Å². The SMILES string of the molecule is Nc1ccn([C@@H]2O[C@H](COC(=O)O)[C@@H](O)C2(F)F)c(=O)n1. The van der Waals surface area contributed by atoms with Crippen LogP contribution < -0.4 is 11.4 Å². The molecule has 116 valence electrons. The van der Waals surface area contributed by atoms with Crippen LogP contribution in [0, 0.1) is 0 Å². The molecule has 9 nitrogen and oxygen atoms in total. The molecule has 1 aliphatic rings. The first kappa shape index (κ1) is 15.1. The maximum atomic E-state index is 13.9. The molecule has 0 unspecified atom stereocenters. The van der Waals surface area contributed by atoms with Gasteiger partial charge >= 0.3 is 17.8 Å². The molecule has 0 saturated carbocycles. The third kappa shape index (κ3) is 2.78. The van der Waals surface area contributed by atoms with Gasteiger partial charge in [-0.3, -0.25) is 4.57 Å². The number of aliphatic hydroxyl groups is 1. The third-order valence-electron chi connectivity index (χ3n) is 2.85. The van der Waals surface area contributed by atoms with Crippen LogP contribution in [0.25, 0.3) is 0 Å². The highest BCUT2D eigenvalue weighted by atomic mass is 19.3. The second-order valence-electron chi connectivity index (χ2n) is 4.27. The van der Waals surface area contributed by atoms with Crippen molar-refractivity contribution in [2.45, 2.75) is 24.4 Å². The van der Waals surface area contributed by atoms with Crippen LogP contribution in [0.15, 0.2) is 17.1 Å². The molecule has 1 fully saturated rings. The van der Waals surface area contributed by atoms with Crippen molar-refractivity contribution in [3.8, 4) is 0 Å². The molecule has 0 aliphatic carbocycles. The zero-order valence-corrected chi connectivity index (χ0v) is 10.3. The minimum atomic E-state index is -3.84. The van der Waals surface area contributed by atoms with E-state index in [1.807, 2.05) is 0 Å². The molecule has 0 radical (unpaired) electrons. The molecule has 0 spiro atoms. The summed E-state index contributed by atoms with van der Waals surface area (Å²) in [5, 5.41) is 17.8. The fourth-order valence-corrected chi connectivity index (χ4v) is 1.86. The lowest BCUT2D eigenvalue weighted by molar-refractivity contribution is -0.141. The van der Waals surface area contributed by atoms with Gasteiger partial charge in [-0.1, -0.05) is 0 Å². The number of aliphatic hydroxyl groups excluding tert-OH is 1. The standard InChI is InChI=1S/C10H11F2N3O6/c11-10(12)6(16)4(3-20-9(18)19)21-7(10)15-2-1-5(13)14-8(15)17/h1-2,4,6-7,16H,3H2,(H,18,19)(H2,13,14,17)/t4-,6-,7-/m1/s1. The maximum Gasteiger partial charge on any atom is 0.505 e. The first-order valence-electron chi connectivity index (χ1n) is 5.65. The van der Waals surface area contributed by atoms with Crippen LogP contribution in [0.5, 0.6) is 0 Å². The number of halogens is 2. The molecule has 2 heterocycles. The van der Waals surface area contributed by atoms with Crippen LogP contribution in [0.2, 0.25) is 0 Å². The van der Waals surface area contributed by atoms with E-state index in [-0.39, 0.29) is 5.82 Å². The molecule has 0 amide bonds. The van der Waals surface area contributed by atoms with Crippen LogP contribution in [0.3, 0.4) is 0 Å². The summed E-state index contributed by atoms with van der Waals surface area (Å²) in [5.41, 5.74) is 4.15. The van der Waals surface area contributed by atoms with E-state index in [1.54, 1.807) is 0 Å². The second-order valence-corrected chi connectivity index (χ2v) is 4.27. The van der Waals surface area contributed by atoms with Gasteiger partial charge < -0.3 is 25.4 Å². The molecule has 2 rings (SSSR count). The van der Waals surface area contributed by atoms with E-state index in [0.29, 0.717) is 4.57 Å². The zero-order chi connectivity index (χ0) is 15.8. The molecule has 4 N–H and O–H groups in total. The lowest BCUT2D eigenvalue weighted by Gasteiger charge is -2.20. The number of aromatic nitrogens is 2.